The number of hydrogen-bond donors (Lipinski definition) is 2. The molecule has 2 rings (SSSR count). The molecule has 0 atom stereocenters. The summed E-state index contributed by atoms with van der Waals surface area (Å²) in [6.45, 7) is 10.1. The van der Waals surface area contributed by atoms with Gasteiger partial charge in [-0.05, 0) is 62.4 Å². The van der Waals surface area contributed by atoms with Crippen LogP contribution in [0.15, 0.2) is 29.3 Å². The molecule has 1 saturated heterocycles. The second-order valence-corrected chi connectivity index (χ2v) is 6.71. The fourth-order valence-electron chi connectivity index (χ4n) is 3.45. The standard InChI is InChI=1S/C20H34N4/c1-4-12-24-13-10-17(11-14-24)15-22-20(21-3)23-16-19-9-7-6-8-18(19)5-2/h6-9,17H,4-5,10-16H2,1-3H3,(H2,21,22,23). The molecule has 1 aliphatic heterocycles. The summed E-state index contributed by atoms with van der Waals surface area (Å²) in [6.07, 6.45) is 4.92. The number of aliphatic imine (C=N–C) groups is 1. The number of nitrogens with zero attached hydrogens (tertiary/aromatic N) is 2. The second kappa shape index (κ2) is 10.3. The van der Waals surface area contributed by atoms with Crippen LogP contribution in [0.3, 0.4) is 0 Å². The molecule has 1 aromatic carbocycles. The minimum atomic E-state index is 0.764. The Labute approximate surface area is 147 Å². The molecule has 0 spiro atoms. The van der Waals surface area contributed by atoms with Crippen molar-refractivity contribution in [2.75, 3.05) is 33.2 Å². The lowest BCUT2D eigenvalue weighted by atomic mass is 9.97. The summed E-state index contributed by atoms with van der Waals surface area (Å²) in [5.74, 6) is 1.68. The molecule has 0 amide bonds. The highest BCUT2D eigenvalue weighted by atomic mass is 15.2. The van der Waals surface area contributed by atoms with Crippen LogP contribution in [-0.2, 0) is 13.0 Å². The van der Waals surface area contributed by atoms with Gasteiger partial charge in [0.25, 0.3) is 0 Å². The Bertz CT molecular complexity index is 504. The van der Waals surface area contributed by atoms with Crippen molar-refractivity contribution in [2.24, 2.45) is 10.9 Å². The van der Waals surface area contributed by atoms with Crippen LogP contribution in [0, 0.1) is 5.92 Å². The Morgan fingerprint density at radius 2 is 1.83 bits per heavy atom. The van der Waals surface area contributed by atoms with Crippen LogP contribution >= 0.6 is 0 Å². The van der Waals surface area contributed by atoms with Gasteiger partial charge >= 0.3 is 0 Å². The van der Waals surface area contributed by atoms with Gasteiger partial charge in [0.1, 0.15) is 0 Å². The van der Waals surface area contributed by atoms with E-state index in [2.05, 4.69) is 58.6 Å². The highest BCUT2D eigenvalue weighted by molar-refractivity contribution is 5.79. The van der Waals surface area contributed by atoms with Gasteiger partial charge in [0.2, 0.25) is 0 Å². The van der Waals surface area contributed by atoms with Crippen LogP contribution in [0.4, 0.5) is 0 Å². The number of piperidine rings is 1. The van der Waals surface area contributed by atoms with Gasteiger partial charge in [0.15, 0.2) is 5.96 Å². The molecule has 0 radical (unpaired) electrons. The summed E-state index contributed by atoms with van der Waals surface area (Å²) in [6, 6.07) is 8.62. The molecular formula is C20H34N4. The predicted octanol–water partition coefficient (Wildman–Crippen LogP) is 3.04. The topological polar surface area (TPSA) is 39.7 Å². The van der Waals surface area contributed by atoms with Gasteiger partial charge in [-0.2, -0.15) is 0 Å². The van der Waals surface area contributed by atoms with Gasteiger partial charge in [0, 0.05) is 20.1 Å². The summed E-state index contributed by atoms with van der Waals surface area (Å²) in [7, 11) is 1.85. The molecule has 1 fully saturated rings. The summed E-state index contributed by atoms with van der Waals surface area (Å²) in [4.78, 5) is 6.96. The third kappa shape index (κ3) is 5.82. The van der Waals surface area contributed by atoms with Crippen LogP contribution < -0.4 is 10.6 Å². The molecule has 1 aliphatic rings. The van der Waals surface area contributed by atoms with Crippen molar-refractivity contribution in [3.8, 4) is 0 Å². The maximum atomic E-state index is 4.37. The smallest absolute Gasteiger partial charge is 0.191 e. The van der Waals surface area contributed by atoms with E-state index in [0.29, 0.717) is 0 Å². The first-order valence-corrected chi connectivity index (χ1v) is 9.50. The van der Waals surface area contributed by atoms with Crippen LogP contribution in [0.25, 0.3) is 0 Å². The quantitative estimate of drug-likeness (QED) is 0.596. The molecule has 0 aromatic heterocycles. The van der Waals surface area contributed by atoms with Crippen LogP contribution in [0.2, 0.25) is 0 Å². The number of aryl methyl sites for hydroxylation is 1. The Morgan fingerprint density at radius 1 is 1.12 bits per heavy atom. The van der Waals surface area contributed by atoms with Gasteiger partial charge < -0.3 is 15.5 Å². The first kappa shape index (κ1) is 18.8. The maximum absolute atomic E-state index is 4.37. The Kier molecular flexibility index (Phi) is 8.10. The summed E-state index contributed by atoms with van der Waals surface area (Å²) in [5.41, 5.74) is 2.76. The molecule has 0 aliphatic carbocycles. The van der Waals surface area contributed by atoms with Crippen LogP contribution in [0.5, 0.6) is 0 Å². The first-order chi connectivity index (χ1) is 11.8. The third-order valence-corrected chi connectivity index (χ3v) is 4.97. The minimum absolute atomic E-state index is 0.764. The van der Waals surface area contributed by atoms with Crippen molar-refractivity contribution in [3.05, 3.63) is 35.4 Å². The highest BCUT2D eigenvalue weighted by Crippen LogP contribution is 2.16. The normalized spacial score (nSPS) is 17.0. The van der Waals surface area contributed by atoms with Crippen molar-refractivity contribution in [1.29, 1.82) is 0 Å². The average Bonchev–Trinajstić information content (AvgIpc) is 2.63. The predicted molar refractivity (Wildman–Crippen MR) is 103 cm³/mol. The molecule has 0 bridgehead atoms. The van der Waals surface area contributed by atoms with Crippen molar-refractivity contribution < 1.29 is 0 Å². The third-order valence-electron chi connectivity index (χ3n) is 4.97. The van der Waals surface area contributed by atoms with E-state index in [1.807, 2.05) is 7.05 Å². The summed E-state index contributed by atoms with van der Waals surface area (Å²) in [5, 5.41) is 6.97. The summed E-state index contributed by atoms with van der Waals surface area (Å²) >= 11 is 0. The van der Waals surface area contributed by atoms with E-state index in [4.69, 9.17) is 0 Å². The molecule has 0 unspecified atom stereocenters. The Morgan fingerprint density at radius 3 is 2.46 bits per heavy atom. The van der Waals surface area contributed by atoms with Gasteiger partial charge in [-0.25, -0.2) is 0 Å². The van der Waals surface area contributed by atoms with E-state index < -0.39 is 0 Å². The number of guanidine groups is 1. The van der Waals surface area contributed by atoms with Gasteiger partial charge in [-0.1, -0.05) is 38.1 Å². The monoisotopic (exact) mass is 330 g/mol. The molecule has 0 saturated carbocycles. The zero-order valence-corrected chi connectivity index (χ0v) is 15.6. The molecule has 4 heteroatoms. The van der Waals surface area contributed by atoms with Crippen molar-refractivity contribution >= 4 is 5.96 Å². The lowest BCUT2D eigenvalue weighted by molar-refractivity contribution is 0.185. The SMILES string of the molecule is CCCN1CCC(CNC(=NC)NCc2ccccc2CC)CC1. The van der Waals surface area contributed by atoms with Crippen molar-refractivity contribution in [2.45, 2.75) is 46.1 Å². The number of rotatable bonds is 7. The molecular weight excluding hydrogens is 296 g/mol. The van der Waals surface area contributed by atoms with E-state index in [1.165, 1.54) is 50.0 Å². The number of hydrogen-bond acceptors (Lipinski definition) is 2. The minimum Gasteiger partial charge on any atom is -0.356 e. The molecule has 4 nitrogen and oxygen atoms in total. The van der Waals surface area contributed by atoms with E-state index in [0.717, 1.165) is 31.4 Å². The Balaban J connectivity index is 1.73. The van der Waals surface area contributed by atoms with Crippen molar-refractivity contribution in [1.82, 2.24) is 15.5 Å². The Hall–Kier alpha value is -1.55. The fourth-order valence-corrected chi connectivity index (χ4v) is 3.45. The van der Waals surface area contributed by atoms with Crippen LogP contribution in [-0.4, -0.2) is 44.1 Å². The van der Waals surface area contributed by atoms with Crippen LogP contribution in [0.1, 0.15) is 44.2 Å². The molecule has 1 aromatic rings. The number of likely N-dealkylation sites (tertiary alicyclic amines) is 1. The zero-order valence-electron chi connectivity index (χ0n) is 15.6. The van der Waals surface area contributed by atoms with E-state index in [-0.39, 0.29) is 0 Å². The fraction of sp³-hybridized carbons (Fsp3) is 0.650. The maximum Gasteiger partial charge on any atom is 0.191 e. The van der Waals surface area contributed by atoms with Gasteiger partial charge in [-0.15, -0.1) is 0 Å². The summed E-state index contributed by atoms with van der Waals surface area (Å²) < 4.78 is 0. The number of benzene rings is 1. The average molecular weight is 331 g/mol. The first-order valence-electron chi connectivity index (χ1n) is 9.50. The second-order valence-electron chi connectivity index (χ2n) is 6.71. The molecule has 2 N–H and O–H groups in total. The van der Waals surface area contributed by atoms with Gasteiger partial charge in [0.05, 0.1) is 0 Å². The molecule has 134 valence electrons. The molecule has 24 heavy (non-hydrogen) atoms. The van der Waals surface area contributed by atoms with E-state index in [9.17, 15) is 0 Å². The van der Waals surface area contributed by atoms with Gasteiger partial charge in [-0.3, -0.25) is 4.99 Å². The largest absolute Gasteiger partial charge is 0.356 e. The lowest BCUT2D eigenvalue weighted by Gasteiger charge is -2.32. The zero-order chi connectivity index (χ0) is 17.2. The lowest BCUT2D eigenvalue weighted by Crippen LogP contribution is -2.42. The number of nitrogens with one attached hydrogen (secondary N) is 2. The molecule has 1 heterocycles. The van der Waals surface area contributed by atoms with E-state index in [1.54, 1.807) is 0 Å². The van der Waals surface area contributed by atoms with Crippen molar-refractivity contribution in [3.63, 3.8) is 0 Å². The highest BCUT2D eigenvalue weighted by Gasteiger charge is 2.18. The van der Waals surface area contributed by atoms with E-state index >= 15 is 0 Å².